The Morgan fingerprint density at radius 1 is 1.00 bits per heavy atom. The topological polar surface area (TPSA) is 131 Å². The van der Waals surface area contributed by atoms with Crippen LogP contribution in [0.25, 0.3) is 11.1 Å². The van der Waals surface area contributed by atoms with E-state index in [9.17, 15) is 36.3 Å². The van der Waals surface area contributed by atoms with Crippen LogP contribution in [0.5, 0.6) is 11.5 Å². The molecule has 0 unspecified atom stereocenters. The first kappa shape index (κ1) is 29.6. The number of ether oxygens (including phenoxy) is 2. The number of sulfonamides is 1. The molecule has 208 valence electrons. The maximum absolute atomic E-state index is 12.7. The van der Waals surface area contributed by atoms with Crippen LogP contribution in [-0.2, 0) is 21.2 Å². The van der Waals surface area contributed by atoms with Gasteiger partial charge in [-0.3, -0.25) is 9.52 Å². The fourth-order valence-electron chi connectivity index (χ4n) is 3.59. The van der Waals surface area contributed by atoms with Crippen molar-refractivity contribution < 1.29 is 45.8 Å². The van der Waals surface area contributed by atoms with Crippen LogP contribution in [-0.4, -0.2) is 51.2 Å². The van der Waals surface area contributed by atoms with E-state index in [-0.39, 0.29) is 12.0 Å². The van der Waals surface area contributed by atoms with Crippen LogP contribution >= 0.6 is 11.6 Å². The van der Waals surface area contributed by atoms with Crippen LogP contribution in [0.3, 0.4) is 0 Å². The van der Waals surface area contributed by atoms with Crippen LogP contribution in [0.1, 0.15) is 15.9 Å². The number of halogens is 4. The first-order chi connectivity index (χ1) is 18.3. The molecule has 9 nitrogen and oxygen atoms in total. The Morgan fingerprint density at radius 3 is 2.08 bits per heavy atom. The van der Waals surface area contributed by atoms with Crippen molar-refractivity contribution in [2.75, 3.05) is 18.9 Å². The molecule has 3 aromatic carbocycles. The van der Waals surface area contributed by atoms with Gasteiger partial charge in [0.1, 0.15) is 17.5 Å². The predicted octanol–water partition coefficient (Wildman–Crippen LogP) is 4.71. The van der Waals surface area contributed by atoms with Gasteiger partial charge in [-0.15, -0.1) is 0 Å². The standard InChI is InChI=1S/C25H22ClF3N2O7S/c1-37-20-4-3-5-21(38-2)22(20)15-8-6-14(7-9-15)12-19(24(33)34)30-23(32)17-11-10-16(13-18(17)26)31-39(35,36)25(27,28)29/h3-11,13,19,31H,12H2,1-2H3,(H,30,32)(H,33,34)/t19-/m0/s1. The van der Waals surface area contributed by atoms with Gasteiger partial charge in [-0.2, -0.15) is 21.6 Å². The third-order valence-corrected chi connectivity index (χ3v) is 6.91. The Kier molecular flexibility index (Phi) is 8.97. The molecule has 0 heterocycles. The average molecular weight is 587 g/mol. The van der Waals surface area contributed by atoms with Gasteiger partial charge in [0, 0.05) is 6.42 Å². The second-order valence-electron chi connectivity index (χ2n) is 8.05. The van der Waals surface area contributed by atoms with Crippen molar-refractivity contribution in [3.63, 3.8) is 0 Å². The maximum atomic E-state index is 12.7. The van der Waals surface area contributed by atoms with Crippen molar-refractivity contribution in [1.82, 2.24) is 5.32 Å². The van der Waals surface area contributed by atoms with Crippen molar-refractivity contribution in [1.29, 1.82) is 0 Å². The molecule has 0 bridgehead atoms. The predicted molar refractivity (Wildman–Crippen MR) is 138 cm³/mol. The lowest BCUT2D eigenvalue weighted by Gasteiger charge is -2.17. The number of carboxylic acid groups (broad SMARTS) is 1. The van der Waals surface area contributed by atoms with Crippen LogP contribution in [0.2, 0.25) is 5.02 Å². The summed E-state index contributed by atoms with van der Waals surface area (Å²) in [6, 6.07) is 13.4. The number of hydrogen-bond acceptors (Lipinski definition) is 6. The fourth-order valence-corrected chi connectivity index (χ4v) is 4.41. The molecule has 1 atom stereocenters. The Balaban J connectivity index is 1.76. The van der Waals surface area contributed by atoms with E-state index < -0.39 is 44.2 Å². The second kappa shape index (κ2) is 11.8. The summed E-state index contributed by atoms with van der Waals surface area (Å²) < 4.78 is 72.4. The zero-order valence-electron chi connectivity index (χ0n) is 20.4. The lowest BCUT2D eigenvalue weighted by molar-refractivity contribution is -0.139. The molecule has 1 amide bonds. The fraction of sp³-hybridized carbons (Fsp3) is 0.200. The maximum Gasteiger partial charge on any atom is 0.516 e. The second-order valence-corrected chi connectivity index (χ2v) is 10.1. The number of hydrogen-bond donors (Lipinski definition) is 3. The minimum atomic E-state index is -5.70. The molecule has 0 fully saturated rings. The number of nitrogens with one attached hydrogen (secondary N) is 2. The summed E-state index contributed by atoms with van der Waals surface area (Å²) >= 11 is 5.97. The molecule has 0 aliphatic carbocycles. The summed E-state index contributed by atoms with van der Waals surface area (Å²) in [5.41, 5.74) is -4.33. The molecular formula is C25H22ClF3N2O7S. The van der Waals surface area contributed by atoms with E-state index in [1.54, 1.807) is 42.5 Å². The van der Waals surface area contributed by atoms with E-state index in [0.717, 1.165) is 23.8 Å². The zero-order chi connectivity index (χ0) is 29.0. The van der Waals surface area contributed by atoms with Gasteiger partial charge in [-0.05, 0) is 41.5 Å². The lowest BCUT2D eigenvalue weighted by Crippen LogP contribution is -2.42. The summed E-state index contributed by atoms with van der Waals surface area (Å²) in [4.78, 5) is 24.6. The van der Waals surface area contributed by atoms with E-state index in [1.807, 2.05) is 0 Å². The molecular weight excluding hydrogens is 565 g/mol. The van der Waals surface area contributed by atoms with E-state index in [0.29, 0.717) is 22.6 Å². The highest BCUT2D eigenvalue weighted by molar-refractivity contribution is 7.93. The number of carboxylic acids is 1. The summed E-state index contributed by atoms with van der Waals surface area (Å²) in [5, 5.41) is 11.6. The van der Waals surface area contributed by atoms with Crippen LogP contribution < -0.4 is 19.5 Å². The SMILES string of the molecule is COc1cccc(OC)c1-c1ccc(C[C@H](NC(=O)c2ccc(NS(=O)(=O)C(F)(F)F)cc2Cl)C(=O)O)cc1. The number of amides is 1. The van der Waals surface area contributed by atoms with Crippen LogP contribution in [0.15, 0.2) is 60.7 Å². The smallest absolute Gasteiger partial charge is 0.496 e. The van der Waals surface area contributed by atoms with Gasteiger partial charge in [-0.25, -0.2) is 4.79 Å². The number of rotatable bonds is 10. The van der Waals surface area contributed by atoms with E-state index >= 15 is 0 Å². The third-order valence-electron chi connectivity index (χ3n) is 5.48. The Hall–Kier alpha value is -3.97. The molecule has 0 saturated carbocycles. The normalized spacial score (nSPS) is 12.4. The highest BCUT2D eigenvalue weighted by Gasteiger charge is 2.46. The average Bonchev–Trinajstić information content (AvgIpc) is 2.87. The van der Waals surface area contributed by atoms with Crippen molar-refractivity contribution >= 4 is 39.2 Å². The van der Waals surface area contributed by atoms with Gasteiger partial charge in [0.25, 0.3) is 5.91 Å². The number of methoxy groups -OCH3 is 2. The van der Waals surface area contributed by atoms with Crippen LogP contribution in [0, 0.1) is 0 Å². The molecule has 0 radical (unpaired) electrons. The number of alkyl halides is 3. The Bertz CT molecular complexity index is 1460. The van der Waals surface area contributed by atoms with Gasteiger partial charge >= 0.3 is 21.5 Å². The van der Waals surface area contributed by atoms with Crippen molar-refractivity contribution in [3.8, 4) is 22.6 Å². The van der Waals surface area contributed by atoms with Gasteiger partial charge in [0.2, 0.25) is 0 Å². The number of carbonyl (C=O) groups is 2. The largest absolute Gasteiger partial charge is 0.516 e. The molecule has 14 heteroatoms. The molecule has 3 aromatic rings. The number of benzene rings is 3. The molecule has 0 aromatic heterocycles. The summed E-state index contributed by atoms with van der Waals surface area (Å²) in [7, 11) is -2.65. The molecule has 3 N–H and O–H groups in total. The highest BCUT2D eigenvalue weighted by atomic mass is 35.5. The molecule has 0 aliphatic heterocycles. The third kappa shape index (κ3) is 6.92. The van der Waals surface area contributed by atoms with Crippen molar-refractivity contribution in [2.24, 2.45) is 0 Å². The summed E-state index contributed by atoms with van der Waals surface area (Å²) in [6.45, 7) is 0. The van der Waals surface area contributed by atoms with Crippen LogP contribution in [0.4, 0.5) is 18.9 Å². The minimum Gasteiger partial charge on any atom is -0.496 e. The molecule has 39 heavy (non-hydrogen) atoms. The number of anilines is 1. The molecule has 0 aliphatic rings. The minimum absolute atomic E-state index is 0.106. The monoisotopic (exact) mass is 586 g/mol. The van der Waals surface area contributed by atoms with Crippen molar-refractivity contribution in [2.45, 2.75) is 18.0 Å². The van der Waals surface area contributed by atoms with Gasteiger partial charge in [0.05, 0.1) is 36.1 Å². The van der Waals surface area contributed by atoms with Gasteiger partial charge < -0.3 is 19.9 Å². The van der Waals surface area contributed by atoms with E-state index in [4.69, 9.17) is 21.1 Å². The molecule has 0 spiro atoms. The Labute approximate surface area is 226 Å². The summed E-state index contributed by atoms with van der Waals surface area (Å²) in [5.74, 6) is -1.11. The quantitative estimate of drug-likeness (QED) is 0.313. The first-order valence-corrected chi connectivity index (χ1v) is 12.9. The molecule has 3 rings (SSSR count). The summed E-state index contributed by atoms with van der Waals surface area (Å²) in [6.07, 6.45) is -0.106. The Morgan fingerprint density at radius 2 is 1.59 bits per heavy atom. The highest BCUT2D eigenvalue weighted by Crippen LogP contribution is 2.38. The van der Waals surface area contributed by atoms with Gasteiger partial charge in [-0.1, -0.05) is 41.9 Å². The van der Waals surface area contributed by atoms with E-state index in [1.165, 1.54) is 18.9 Å². The first-order valence-electron chi connectivity index (χ1n) is 11.0. The van der Waals surface area contributed by atoms with Crippen molar-refractivity contribution in [3.05, 3.63) is 76.8 Å². The van der Waals surface area contributed by atoms with Gasteiger partial charge in [0.15, 0.2) is 0 Å². The zero-order valence-corrected chi connectivity index (χ0v) is 21.9. The van der Waals surface area contributed by atoms with E-state index in [2.05, 4.69) is 5.32 Å². The molecule has 0 saturated heterocycles. The number of aliphatic carboxylic acids is 1. The number of carbonyl (C=O) groups excluding carboxylic acids is 1. The lowest BCUT2D eigenvalue weighted by atomic mass is 9.99.